The van der Waals surface area contributed by atoms with E-state index in [1.54, 1.807) is 0 Å². The number of benzene rings is 2. The van der Waals surface area contributed by atoms with Gasteiger partial charge in [0.1, 0.15) is 5.52 Å². The van der Waals surface area contributed by atoms with Gasteiger partial charge >= 0.3 is 0 Å². The first-order chi connectivity index (χ1) is 7.84. The molecule has 78 valence electrons. The highest BCUT2D eigenvalue weighted by Gasteiger charge is 2.08. The molecule has 0 saturated heterocycles. The number of aromatic amines is 1. The lowest BCUT2D eigenvalue weighted by Gasteiger charge is -2.02. The minimum Gasteiger partial charge on any atom is -0.257 e. The van der Waals surface area contributed by atoms with E-state index in [0.717, 1.165) is 22.2 Å². The first kappa shape index (κ1) is 9.36. The van der Waals surface area contributed by atoms with Crippen LogP contribution in [0.15, 0.2) is 42.5 Å². The van der Waals surface area contributed by atoms with Crippen LogP contribution in [0.3, 0.4) is 0 Å². The maximum atomic E-state index is 6.06. The smallest absolute Gasteiger partial charge is 0.120 e. The number of nitrogens with one attached hydrogen (secondary N) is 1. The lowest BCUT2D eigenvalue weighted by atomic mass is 10.0. The molecular weight excluding hydrogens is 222 g/mol. The van der Waals surface area contributed by atoms with Gasteiger partial charge in [-0.3, -0.25) is 5.10 Å². The Labute approximate surface area is 97.1 Å². The molecule has 0 aliphatic heterocycles. The van der Waals surface area contributed by atoms with Crippen LogP contribution in [-0.4, -0.2) is 15.4 Å². The maximum Gasteiger partial charge on any atom is 0.120 e. The number of nitrogens with zero attached hydrogens (tertiary/aromatic N) is 2. The predicted octanol–water partition coefficient (Wildman–Crippen LogP) is 3.28. The quantitative estimate of drug-likeness (QED) is 0.696. The van der Waals surface area contributed by atoms with E-state index in [1.807, 2.05) is 42.5 Å². The topological polar surface area (TPSA) is 41.6 Å². The van der Waals surface area contributed by atoms with E-state index in [2.05, 4.69) is 15.4 Å². The second-order valence-corrected chi connectivity index (χ2v) is 3.96. The molecule has 0 amide bonds. The zero-order valence-electron chi connectivity index (χ0n) is 8.31. The van der Waals surface area contributed by atoms with Crippen LogP contribution in [-0.2, 0) is 0 Å². The summed E-state index contributed by atoms with van der Waals surface area (Å²) in [5.74, 6) is 0. The molecule has 0 aliphatic rings. The molecule has 0 fully saturated rings. The Kier molecular flexibility index (Phi) is 2.11. The van der Waals surface area contributed by atoms with Gasteiger partial charge in [0.05, 0.1) is 5.52 Å². The van der Waals surface area contributed by atoms with Crippen LogP contribution >= 0.6 is 11.6 Å². The van der Waals surface area contributed by atoms with Gasteiger partial charge in [-0.25, -0.2) is 0 Å². The van der Waals surface area contributed by atoms with Crippen LogP contribution in [0.1, 0.15) is 0 Å². The van der Waals surface area contributed by atoms with Crippen LogP contribution in [0.5, 0.6) is 0 Å². The summed E-state index contributed by atoms with van der Waals surface area (Å²) >= 11 is 6.06. The third-order valence-corrected chi connectivity index (χ3v) is 2.70. The van der Waals surface area contributed by atoms with Gasteiger partial charge in [0.2, 0.25) is 0 Å². The summed E-state index contributed by atoms with van der Waals surface area (Å²) in [6.45, 7) is 0. The molecule has 1 heterocycles. The molecule has 0 bridgehead atoms. The fourth-order valence-electron chi connectivity index (χ4n) is 1.76. The molecule has 16 heavy (non-hydrogen) atoms. The largest absolute Gasteiger partial charge is 0.257 e. The van der Waals surface area contributed by atoms with Crippen LogP contribution in [0.25, 0.3) is 22.2 Å². The van der Waals surface area contributed by atoms with Crippen LogP contribution in [0.2, 0.25) is 5.02 Å². The Bertz CT molecular complexity index is 631. The summed E-state index contributed by atoms with van der Waals surface area (Å²) < 4.78 is 0. The van der Waals surface area contributed by atoms with Crippen molar-refractivity contribution < 1.29 is 0 Å². The van der Waals surface area contributed by atoms with E-state index in [1.165, 1.54) is 0 Å². The molecule has 3 rings (SSSR count). The van der Waals surface area contributed by atoms with E-state index >= 15 is 0 Å². The van der Waals surface area contributed by atoms with Crippen molar-refractivity contribution in [2.24, 2.45) is 0 Å². The van der Waals surface area contributed by atoms with Gasteiger partial charge < -0.3 is 0 Å². The van der Waals surface area contributed by atoms with Gasteiger partial charge in [0, 0.05) is 10.6 Å². The molecule has 3 aromatic rings. The Balaban J connectivity index is 2.34. The van der Waals surface area contributed by atoms with Gasteiger partial charge in [0.25, 0.3) is 0 Å². The van der Waals surface area contributed by atoms with Crippen LogP contribution in [0.4, 0.5) is 0 Å². The lowest BCUT2D eigenvalue weighted by Crippen LogP contribution is -1.81. The van der Waals surface area contributed by atoms with Crippen molar-refractivity contribution in [3.05, 3.63) is 47.5 Å². The van der Waals surface area contributed by atoms with Crippen LogP contribution in [0, 0.1) is 0 Å². The van der Waals surface area contributed by atoms with Crippen molar-refractivity contribution in [1.29, 1.82) is 0 Å². The number of rotatable bonds is 1. The molecule has 1 aromatic heterocycles. The molecule has 0 saturated carbocycles. The Hall–Kier alpha value is -1.87. The lowest BCUT2D eigenvalue weighted by molar-refractivity contribution is 0.959. The van der Waals surface area contributed by atoms with Crippen molar-refractivity contribution in [1.82, 2.24) is 15.4 Å². The van der Waals surface area contributed by atoms with Crippen molar-refractivity contribution in [3.63, 3.8) is 0 Å². The predicted molar refractivity (Wildman–Crippen MR) is 64.3 cm³/mol. The molecule has 0 atom stereocenters. The summed E-state index contributed by atoms with van der Waals surface area (Å²) in [6, 6.07) is 13.7. The van der Waals surface area contributed by atoms with Crippen molar-refractivity contribution in [2.75, 3.05) is 0 Å². The van der Waals surface area contributed by atoms with Gasteiger partial charge in [-0.2, -0.15) is 0 Å². The second kappa shape index (κ2) is 3.61. The monoisotopic (exact) mass is 229 g/mol. The SMILES string of the molecule is Clc1cc(-c2ccccc2)c2nn[nH]c2c1. The number of hydrogen-bond donors (Lipinski definition) is 1. The molecule has 0 unspecified atom stereocenters. The highest BCUT2D eigenvalue weighted by molar-refractivity contribution is 6.31. The van der Waals surface area contributed by atoms with Crippen molar-refractivity contribution >= 4 is 22.6 Å². The van der Waals surface area contributed by atoms with E-state index < -0.39 is 0 Å². The standard InChI is InChI=1S/C12H8ClN3/c13-9-6-10(8-4-2-1-3-5-8)12-11(7-9)14-16-15-12/h1-7H,(H,14,15,16). The molecule has 1 N–H and O–H groups in total. The highest BCUT2D eigenvalue weighted by atomic mass is 35.5. The number of fused-ring (bicyclic) bond motifs is 1. The fraction of sp³-hybridized carbons (Fsp3) is 0. The maximum absolute atomic E-state index is 6.06. The van der Waals surface area contributed by atoms with E-state index in [0.29, 0.717) is 5.02 Å². The van der Waals surface area contributed by atoms with Gasteiger partial charge in [0.15, 0.2) is 0 Å². The molecule has 3 nitrogen and oxygen atoms in total. The Morgan fingerprint density at radius 3 is 2.69 bits per heavy atom. The van der Waals surface area contributed by atoms with E-state index in [9.17, 15) is 0 Å². The molecule has 0 aliphatic carbocycles. The first-order valence-corrected chi connectivity index (χ1v) is 5.28. The summed E-state index contributed by atoms with van der Waals surface area (Å²) in [7, 11) is 0. The first-order valence-electron chi connectivity index (χ1n) is 4.90. The van der Waals surface area contributed by atoms with Gasteiger partial charge in [-0.15, -0.1) is 5.10 Å². The zero-order valence-corrected chi connectivity index (χ0v) is 9.07. The average Bonchev–Trinajstić information content (AvgIpc) is 2.77. The number of halogens is 1. The minimum atomic E-state index is 0.678. The zero-order chi connectivity index (χ0) is 11.0. The number of hydrogen-bond acceptors (Lipinski definition) is 2. The van der Waals surface area contributed by atoms with E-state index in [4.69, 9.17) is 11.6 Å². The molecule has 0 spiro atoms. The molecular formula is C12H8ClN3. The Morgan fingerprint density at radius 1 is 1.06 bits per heavy atom. The summed E-state index contributed by atoms with van der Waals surface area (Å²) in [5, 5.41) is 11.4. The minimum absolute atomic E-state index is 0.678. The summed E-state index contributed by atoms with van der Waals surface area (Å²) in [4.78, 5) is 0. The summed E-state index contributed by atoms with van der Waals surface area (Å²) in [6.07, 6.45) is 0. The van der Waals surface area contributed by atoms with Crippen molar-refractivity contribution in [3.8, 4) is 11.1 Å². The third-order valence-electron chi connectivity index (χ3n) is 2.48. The van der Waals surface area contributed by atoms with Crippen LogP contribution < -0.4 is 0 Å². The Morgan fingerprint density at radius 2 is 1.88 bits per heavy atom. The van der Waals surface area contributed by atoms with E-state index in [-0.39, 0.29) is 0 Å². The number of aromatic nitrogens is 3. The van der Waals surface area contributed by atoms with Gasteiger partial charge in [-0.05, 0) is 17.7 Å². The van der Waals surface area contributed by atoms with Crippen molar-refractivity contribution in [2.45, 2.75) is 0 Å². The average molecular weight is 230 g/mol. The normalized spacial score (nSPS) is 10.8. The molecule has 0 radical (unpaired) electrons. The fourth-order valence-corrected chi connectivity index (χ4v) is 1.98. The second-order valence-electron chi connectivity index (χ2n) is 3.53. The van der Waals surface area contributed by atoms with Gasteiger partial charge in [-0.1, -0.05) is 47.1 Å². The summed E-state index contributed by atoms with van der Waals surface area (Å²) in [5.41, 5.74) is 3.78. The molecule has 4 heteroatoms. The number of H-pyrrole nitrogens is 1. The molecule has 2 aromatic carbocycles. The third kappa shape index (κ3) is 1.46. The highest BCUT2D eigenvalue weighted by Crippen LogP contribution is 2.29.